The molecule has 1 heterocycles. The maximum absolute atomic E-state index is 13.5. The first-order valence-corrected chi connectivity index (χ1v) is 13.8. The number of carbonyl (C=O) groups is 2. The fourth-order valence-corrected chi connectivity index (χ4v) is 4.36. The van der Waals surface area contributed by atoms with Gasteiger partial charge >= 0.3 is 0 Å². The molecule has 36 heavy (non-hydrogen) atoms. The van der Waals surface area contributed by atoms with Crippen molar-refractivity contribution in [3.05, 3.63) is 65.7 Å². The fraction of sp³-hybridized carbons (Fsp3) is 0.462. The number of rotatable bonds is 12. The number of ether oxygens (including phenoxy) is 2. The Balaban J connectivity index is 1.91. The third kappa shape index (κ3) is 8.04. The van der Waals surface area contributed by atoms with Crippen LogP contribution in [-0.2, 0) is 37.3 Å². The molecule has 196 valence electrons. The van der Waals surface area contributed by atoms with Crippen molar-refractivity contribution in [2.24, 2.45) is 0 Å². The summed E-state index contributed by atoms with van der Waals surface area (Å²) in [5.74, 6) is -0.103. The summed E-state index contributed by atoms with van der Waals surface area (Å²) in [5, 5.41) is 2.96. The van der Waals surface area contributed by atoms with Gasteiger partial charge in [-0.15, -0.1) is 0 Å². The van der Waals surface area contributed by atoms with Gasteiger partial charge in [0.2, 0.25) is 21.8 Å². The predicted molar refractivity (Wildman–Crippen MR) is 137 cm³/mol. The molecule has 0 bridgehead atoms. The molecule has 2 aromatic rings. The maximum Gasteiger partial charge on any atom is 0.243 e. The SMILES string of the molecule is COc1ccc(CN(C(=O)CN(C)S(C)(=O)=O)C(Cc2ccccc2)C(=O)NCC2CCCO2)cc1. The molecule has 1 N–H and O–H groups in total. The predicted octanol–water partition coefficient (Wildman–Crippen LogP) is 1.82. The second kappa shape index (κ2) is 12.8. The zero-order chi connectivity index (χ0) is 26.1. The number of likely N-dealkylation sites (N-methyl/N-ethyl adjacent to an activating group) is 1. The highest BCUT2D eigenvalue weighted by Crippen LogP contribution is 2.18. The minimum atomic E-state index is -3.59. The summed E-state index contributed by atoms with van der Waals surface area (Å²) in [6.07, 6.45) is 3.10. The van der Waals surface area contributed by atoms with Gasteiger partial charge < -0.3 is 19.7 Å². The van der Waals surface area contributed by atoms with E-state index in [0.717, 1.165) is 34.5 Å². The molecule has 2 amide bonds. The summed E-state index contributed by atoms with van der Waals surface area (Å²) in [5.41, 5.74) is 1.68. The van der Waals surface area contributed by atoms with E-state index < -0.39 is 22.0 Å². The molecule has 1 aliphatic rings. The van der Waals surface area contributed by atoms with Crippen LogP contribution >= 0.6 is 0 Å². The fourth-order valence-electron chi connectivity index (χ4n) is 4.02. The zero-order valence-electron chi connectivity index (χ0n) is 21.1. The van der Waals surface area contributed by atoms with E-state index >= 15 is 0 Å². The van der Waals surface area contributed by atoms with Gasteiger partial charge in [-0.2, -0.15) is 4.31 Å². The number of nitrogens with zero attached hydrogens (tertiary/aromatic N) is 2. The third-order valence-corrected chi connectivity index (χ3v) is 7.50. The van der Waals surface area contributed by atoms with Crippen molar-refractivity contribution < 1.29 is 27.5 Å². The standard InChI is InChI=1S/C26H35N3O6S/c1-28(36(3,32)33)19-25(30)29(18-21-11-13-22(34-2)14-12-21)24(16-20-8-5-4-6-9-20)26(31)27-17-23-10-7-15-35-23/h4-6,8-9,11-14,23-24H,7,10,15-19H2,1-3H3,(H,27,31). The average molecular weight is 518 g/mol. The molecule has 3 rings (SSSR count). The Hall–Kier alpha value is -2.95. The van der Waals surface area contributed by atoms with E-state index in [4.69, 9.17) is 9.47 Å². The zero-order valence-corrected chi connectivity index (χ0v) is 21.9. The van der Waals surface area contributed by atoms with Crippen LogP contribution in [0.15, 0.2) is 54.6 Å². The van der Waals surface area contributed by atoms with Gasteiger partial charge in [-0.25, -0.2) is 8.42 Å². The Kier molecular flexibility index (Phi) is 9.86. The van der Waals surface area contributed by atoms with E-state index in [0.29, 0.717) is 18.9 Å². The molecule has 2 unspecified atom stereocenters. The lowest BCUT2D eigenvalue weighted by molar-refractivity contribution is -0.141. The van der Waals surface area contributed by atoms with Crippen LogP contribution in [0.1, 0.15) is 24.0 Å². The second-order valence-electron chi connectivity index (χ2n) is 8.97. The minimum absolute atomic E-state index is 0.0477. The molecule has 10 heteroatoms. The summed E-state index contributed by atoms with van der Waals surface area (Å²) < 4.78 is 35.9. The normalized spacial score (nSPS) is 16.5. The average Bonchev–Trinajstić information content (AvgIpc) is 3.39. The first-order valence-electron chi connectivity index (χ1n) is 11.9. The molecule has 9 nitrogen and oxygen atoms in total. The Labute approximate surface area is 213 Å². The van der Waals surface area contributed by atoms with Gasteiger partial charge in [0.05, 0.1) is 26.0 Å². The number of nitrogens with one attached hydrogen (secondary N) is 1. The van der Waals surface area contributed by atoms with E-state index in [1.807, 2.05) is 42.5 Å². The van der Waals surface area contributed by atoms with Crippen LogP contribution in [0, 0.1) is 0 Å². The van der Waals surface area contributed by atoms with E-state index in [9.17, 15) is 18.0 Å². The van der Waals surface area contributed by atoms with Gasteiger partial charge in [0.25, 0.3) is 0 Å². The second-order valence-corrected chi connectivity index (χ2v) is 11.1. The number of hydrogen-bond donors (Lipinski definition) is 1. The van der Waals surface area contributed by atoms with Crippen molar-refractivity contribution in [3.63, 3.8) is 0 Å². The van der Waals surface area contributed by atoms with Gasteiger partial charge in [0.15, 0.2) is 0 Å². The summed E-state index contributed by atoms with van der Waals surface area (Å²) in [7, 11) is -0.668. The van der Waals surface area contributed by atoms with E-state index in [2.05, 4.69) is 5.32 Å². The Bertz CT molecular complexity index is 1100. The number of carbonyl (C=O) groups excluding carboxylic acids is 2. The molecule has 1 aliphatic heterocycles. The topological polar surface area (TPSA) is 105 Å². The number of benzene rings is 2. The van der Waals surface area contributed by atoms with Gasteiger partial charge in [-0.3, -0.25) is 9.59 Å². The van der Waals surface area contributed by atoms with Gasteiger partial charge in [-0.05, 0) is 36.1 Å². The van der Waals surface area contributed by atoms with Crippen molar-refractivity contribution in [1.82, 2.24) is 14.5 Å². The van der Waals surface area contributed by atoms with E-state index in [1.165, 1.54) is 11.9 Å². The Morgan fingerprint density at radius 2 is 1.81 bits per heavy atom. The summed E-state index contributed by atoms with van der Waals surface area (Å²) in [6.45, 7) is 0.788. The molecule has 2 aromatic carbocycles. The monoisotopic (exact) mass is 517 g/mol. The molecule has 0 saturated carbocycles. The number of sulfonamides is 1. The van der Waals surface area contributed by atoms with Gasteiger partial charge in [-0.1, -0.05) is 42.5 Å². The summed E-state index contributed by atoms with van der Waals surface area (Å²) >= 11 is 0. The highest BCUT2D eigenvalue weighted by atomic mass is 32.2. The lowest BCUT2D eigenvalue weighted by Crippen LogP contribution is -2.53. The molecule has 1 saturated heterocycles. The van der Waals surface area contributed by atoms with Crippen LogP contribution in [0.4, 0.5) is 0 Å². The molecule has 1 fully saturated rings. The highest BCUT2D eigenvalue weighted by molar-refractivity contribution is 7.88. The third-order valence-electron chi connectivity index (χ3n) is 6.24. The van der Waals surface area contributed by atoms with Crippen LogP contribution in [0.5, 0.6) is 5.75 Å². The number of methoxy groups -OCH3 is 1. The van der Waals surface area contributed by atoms with Crippen LogP contribution in [0.2, 0.25) is 0 Å². The van der Waals surface area contributed by atoms with Crippen molar-refractivity contribution in [3.8, 4) is 5.75 Å². The molecule has 0 radical (unpaired) electrons. The number of hydrogen-bond acceptors (Lipinski definition) is 6. The molecule has 0 spiro atoms. The van der Waals surface area contributed by atoms with Crippen LogP contribution in [-0.4, -0.2) is 81.7 Å². The molecule has 0 aromatic heterocycles. The summed E-state index contributed by atoms with van der Waals surface area (Å²) in [4.78, 5) is 28.5. The lowest BCUT2D eigenvalue weighted by atomic mass is 10.0. The lowest BCUT2D eigenvalue weighted by Gasteiger charge is -2.32. The minimum Gasteiger partial charge on any atom is -0.497 e. The van der Waals surface area contributed by atoms with Crippen LogP contribution in [0.25, 0.3) is 0 Å². The molecule has 0 aliphatic carbocycles. The van der Waals surface area contributed by atoms with E-state index in [1.54, 1.807) is 19.2 Å². The first kappa shape index (κ1) is 27.6. The maximum atomic E-state index is 13.5. The quantitative estimate of drug-likeness (QED) is 0.461. The summed E-state index contributed by atoms with van der Waals surface area (Å²) in [6, 6.07) is 15.8. The van der Waals surface area contributed by atoms with Crippen molar-refractivity contribution in [2.45, 2.75) is 38.0 Å². The molecular formula is C26H35N3O6S. The van der Waals surface area contributed by atoms with Gasteiger partial charge in [0, 0.05) is 33.2 Å². The van der Waals surface area contributed by atoms with Crippen molar-refractivity contribution in [1.29, 1.82) is 0 Å². The number of amides is 2. The first-order chi connectivity index (χ1) is 17.2. The Morgan fingerprint density at radius 1 is 1.11 bits per heavy atom. The van der Waals surface area contributed by atoms with Crippen LogP contribution in [0.3, 0.4) is 0 Å². The highest BCUT2D eigenvalue weighted by Gasteiger charge is 2.32. The molecule has 2 atom stereocenters. The van der Waals surface area contributed by atoms with Crippen molar-refractivity contribution in [2.75, 3.05) is 40.1 Å². The van der Waals surface area contributed by atoms with Crippen molar-refractivity contribution >= 4 is 21.8 Å². The largest absolute Gasteiger partial charge is 0.497 e. The smallest absolute Gasteiger partial charge is 0.243 e. The molecular weight excluding hydrogens is 482 g/mol. The van der Waals surface area contributed by atoms with E-state index in [-0.39, 0.29) is 31.5 Å². The Morgan fingerprint density at radius 3 is 2.39 bits per heavy atom. The van der Waals surface area contributed by atoms with Gasteiger partial charge in [0.1, 0.15) is 11.8 Å². The van der Waals surface area contributed by atoms with Crippen LogP contribution < -0.4 is 10.1 Å².